The van der Waals surface area contributed by atoms with Crippen LogP contribution < -0.4 is 0 Å². The number of Topliss-reactive ketones (excluding diaryl/α,β-unsaturated/α-hetero) is 2. The third kappa shape index (κ3) is 2.42. The summed E-state index contributed by atoms with van der Waals surface area (Å²) in [6.45, 7) is 2.73. The summed E-state index contributed by atoms with van der Waals surface area (Å²) in [4.78, 5) is 23.2. The van der Waals surface area contributed by atoms with Crippen molar-refractivity contribution in [2.45, 2.75) is 13.8 Å². The van der Waals surface area contributed by atoms with E-state index in [4.69, 9.17) is 46.4 Å². The normalized spacial score (nSPS) is 10.9. The van der Waals surface area contributed by atoms with E-state index >= 15 is 0 Å². The van der Waals surface area contributed by atoms with E-state index in [9.17, 15) is 9.59 Å². The van der Waals surface area contributed by atoms with E-state index in [1.54, 1.807) is 0 Å². The number of ketones is 2. The highest BCUT2D eigenvalue weighted by atomic mass is 35.5. The summed E-state index contributed by atoms with van der Waals surface area (Å²) in [5, 5.41) is 1.71. The number of hydrogen-bond donors (Lipinski definition) is 0. The van der Waals surface area contributed by atoms with Gasteiger partial charge in [-0.3, -0.25) is 9.59 Å². The molecule has 20 heavy (non-hydrogen) atoms. The van der Waals surface area contributed by atoms with Crippen LogP contribution in [0.15, 0.2) is 12.1 Å². The van der Waals surface area contributed by atoms with Crippen LogP contribution in [0.2, 0.25) is 20.1 Å². The Kier molecular flexibility index (Phi) is 4.31. The Hall–Kier alpha value is -0.800. The van der Waals surface area contributed by atoms with Crippen LogP contribution in [0, 0.1) is 0 Å². The zero-order valence-corrected chi connectivity index (χ0v) is 13.5. The maximum Gasteiger partial charge on any atom is 0.162 e. The summed E-state index contributed by atoms with van der Waals surface area (Å²) in [5.74, 6) is -0.519. The number of benzene rings is 2. The molecule has 0 unspecified atom stereocenters. The molecule has 0 bridgehead atoms. The van der Waals surface area contributed by atoms with Crippen LogP contribution in [0.25, 0.3) is 10.8 Å². The quantitative estimate of drug-likeness (QED) is 0.636. The molecule has 2 nitrogen and oxygen atoms in total. The van der Waals surface area contributed by atoms with Gasteiger partial charge in [-0.1, -0.05) is 46.4 Å². The Morgan fingerprint density at radius 3 is 1.30 bits per heavy atom. The molecule has 0 spiro atoms. The molecule has 2 aromatic carbocycles. The molecule has 6 heteroatoms. The first kappa shape index (κ1) is 15.6. The summed E-state index contributed by atoms with van der Waals surface area (Å²) >= 11 is 24.6. The molecule has 0 atom stereocenters. The van der Waals surface area contributed by atoms with E-state index in [-0.39, 0.29) is 42.8 Å². The summed E-state index contributed by atoms with van der Waals surface area (Å²) < 4.78 is 0. The first-order chi connectivity index (χ1) is 9.25. The van der Waals surface area contributed by atoms with Gasteiger partial charge in [-0.2, -0.15) is 0 Å². The molecule has 0 aliphatic carbocycles. The molecule has 0 aliphatic heterocycles. The molecule has 0 heterocycles. The maximum atomic E-state index is 11.6. The second-order valence-electron chi connectivity index (χ2n) is 4.30. The van der Waals surface area contributed by atoms with Crippen LogP contribution in [-0.4, -0.2) is 11.6 Å². The topological polar surface area (TPSA) is 34.1 Å². The van der Waals surface area contributed by atoms with Crippen LogP contribution >= 0.6 is 46.4 Å². The van der Waals surface area contributed by atoms with Gasteiger partial charge in [-0.25, -0.2) is 0 Å². The van der Waals surface area contributed by atoms with Crippen LogP contribution in [0.5, 0.6) is 0 Å². The van der Waals surface area contributed by atoms with E-state index in [1.165, 1.54) is 26.0 Å². The third-order valence-electron chi connectivity index (χ3n) is 2.93. The minimum Gasteiger partial charge on any atom is -0.294 e. The lowest BCUT2D eigenvalue weighted by atomic mass is 10.0. The highest BCUT2D eigenvalue weighted by molar-refractivity contribution is 6.48. The lowest BCUT2D eigenvalue weighted by molar-refractivity contribution is 0.100. The summed E-state index contributed by atoms with van der Waals surface area (Å²) in [7, 11) is 0. The van der Waals surface area contributed by atoms with Crippen molar-refractivity contribution in [3.8, 4) is 0 Å². The Bertz CT molecular complexity index is 701. The van der Waals surface area contributed by atoms with Gasteiger partial charge in [0.2, 0.25) is 0 Å². The molecule has 0 saturated carbocycles. The Labute approximate surface area is 135 Å². The second kappa shape index (κ2) is 5.53. The highest BCUT2D eigenvalue weighted by Gasteiger charge is 2.20. The molecule has 0 radical (unpaired) electrons. The molecule has 2 rings (SSSR count). The summed E-state index contributed by atoms with van der Waals surface area (Å²) in [6, 6.07) is 3.04. The van der Waals surface area contributed by atoms with E-state index in [0.717, 1.165) is 0 Å². The zero-order valence-electron chi connectivity index (χ0n) is 10.5. The molecule has 0 aliphatic rings. The van der Waals surface area contributed by atoms with E-state index in [2.05, 4.69) is 0 Å². The van der Waals surface area contributed by atoms with Gasteiger partial charge >= 0.3 is 0 Å². The molecule has 104 valence electrons. The molecule has 0 saturated heterocycles. The van der Waals surface area contributed by atoms with Crippen molar-refractivity contribution >= 4 is 68.7 Å². The number of halogens is 4. The van der Waals surface area contributed by atoms with Gasteiger partial charge in [0.05, 0.1) is 31.2 Å². The minimum atomic E-state index is -0.259. The second-order valence-corrected chi connectivity index (χ2v) is 5.87. The smallest absolute Gasteiger partial charge is 0.162 e. The number of carbonyl (C=O) groups is 2. The first-order valence-corrected chi connectivity index (χ1v) is 7.08. The van der Waals surface area contributed by atoms with Crippen molar-refractivity contribution < 1.29 is 9.59 Å². The van der Waals surface area contributed by atoms with Gasteiger partial charge in [0.25, 0.3) is 0 Å². The maximum absolute atomic E-state index is 11.6. The lowest BCUT2D eigenvalue weighted by Gasteiger charge is -2.12. The number of carbonyl (C=O) groups excluding carboxylic acids is 2. The summed E-state index contributed by atoms with van der Waals surface area (Å²) in [5.41, 5.74) is 0.423. The van der Waals surface area contributed by atoms with Gasteiger partial charge in [0.15, 0.2) is 11.6 Å². The van der Waals surface area contributed by atoms with Crippen molar-refractivity contribution in [1.82, 2.24) is 0 Å². The first-order valence-electron chi connectivity index (χ1n) is 5.57. The monoisotopic (exact) mass is 348 g/mol. The predicted molar refractivity (Wildman–Crippen MR) is 84.0 cm³/mol. The van der Waals surface area contributed by atoms with Crippen LogP contribution in [0.1, 0.15) is 34.6 Å². The van der Waals surface area contributed by atoms with Crippen molar-refractivity contribution in [2.75, 3.05) is 0 Å². The van der Waals surface area contributed by atoms with E-state index in [1.807, 2.05) is 0 Å². The Morgan fingerprint density at radius 2 is 1.05 bits per heavy atom. The van der Waals surface area contributed by atoms with Gasteiger partial charge in [0, 0.05) is 10.8 Å². The van der Waals surface area contributed by atoms with Crippen molar-refractivity contribution in [3.63, 3.8) is 0 Å². The fourth-order valence-corrected chi connectivity index (χ4v) is 3.59. The van der Waals surface area contributed by atoms with E-state index < -0.39 is 0 Å². The zero-order chi connectivity index (χ0) is 15.2. The van der Waals surface area contributed by atoms with Crippen molar-refractivity contribution in [1.29, 1.82) is 0 Å². The fraction of sp³-hybridized carbons (Fsp3) is 0.143. The number of rotatable bonds is 2. The fourth-order valence-electron chi connectivity index (χ4n) is 2.04. The van der Waals surface area contributed by atoms with Gasteiger partial charge < -0.3 is 0 Å². The predicted octanol–water partition coefficient (Wildman–Crippen LogP) is 5.86. The molecule has 0 amide bonds. The van der Waals surface area contributed by atoms with Crippen LogP contribution in [-0.2, 0) is 0 Å². The molecule has 0 aromatic heterocycles. The number of fused-ring (bicyclic) bond motifs is 1. The molecular formula is C14H8Cl4O2. The standard InChI is InChI=1S/C14H8Cl4O2/c1-5(19)11-9(15)3-8-7(13(11)17)4-10(16)12(6(2)20)14(8)18/h3-4H,1-2H3. The molecule has 0 fully saturated rings. The molecule has 0 N–H and O–H groups in total. The van der Waals surface area contributed by atoms with Crippen molar-refractivity contribution in [2.24, 2.45) is 0 Å². The average Bonchev–Trinajstić information content (AvgIpc) is 2.30. The number of hydrogen-bond acceptors (Lipinski definition) is 2. The van der Waals surface area contributed by atoms with Crippen molar-refractivity contribution in [3.05, 3.63) is 43.4 Å². The third-order valence-corrected chi connectivity index (χ3v) is 4.31. The molecule has 2 aromatic rings. The van der Waals surface area contributed by atoms with Gasteiger partial charge in [-0.15, -0.1) is 0 Å². The SMILES string of the molecule is CC(=O)c1c(Cl)cc2c(Cl)c(C(C)=O)c(Cl)cc2c1Cl. The Morgan fingerprint density at radius 1 is 0.750 bits per heavy atom. The average molecular weight is 350 g/mol. The van der Waals surface area contributed by atoms with E-state index in [0.29, 0.717) is 10.8 Å². The minimum absolute atomic E-state index is 0.180. The van der Waals surface area contributed by atoms with Gasteiger partial charge in [-0.05, 0) is 26.0 Å². The molecular weight excluding hydrogens is 342 g/mol. The highest BCUT2D eigenvalue weighted by Crippen LogP contribution is 2.40. The summed E-state index contributed by atoms with van der Waals surface area (Å²) in [6.07, 6.45) is 0. The Balaban J connectivity index is 3.00. The van der Waals surface area contributed by atoms with Crippen LogP contribution in [0.3, 0.4) is 0 Å². The van der Waals surface area contributed by atoms with Gasteiger partial charge in [0.1, 0.15) is 0 Å². The largest absolute Gasteiger partial charge is 0.294 e. The van der Waals surface area contributed by atoms with Crippen LogP contribution in [0.4, 0.5) is 0 Å². The lowest BCUT2D eigenvalue weighted by Crippen LogP contribution is -1.99.